The first-order chi connectivity index (χ1) is 9.66. The Morgan fingerprint density at radius 2 is 2.10 bits per heavy atom. The van der Waals surface area contributed by atoms with Gasteiger partial charge in [0, 0.05) is 13.1 Å². The van der Waals surface area contributed by atoms with Crippen molar-refractivity contribution in [2.45, 2.75) is 43.9 Å². The fourth-order valence-electron chi connectivity index (χ4n) is 3.45. The molecule has 1 amide bonds. The molecule has 108 valence electrons. The van der Waals surface area contributed by atoms with Crippen LogP contribution in [0.4, 0.5) is 0 Å². The summed E-state index contributed by atoms with van der Waals surface area (Å²) in [6.45, 7) is 3.75. The van der Waals surface area contributed by atoms with E-state index in [1.54, 1.807) is 0 Å². The fourth-order valence-corrected chi connectivity index (χ4v) is 3.75. The summed E-state index contributed by atoms with van der Waals surface area (Å²) in [5.41, 5.74) is 2.60. The number of benzene rings is 1. The van der Waals surface area contributed by atoms with E-state index in [2.05, 4.69) is 25.1 Å². The maximum atomic E-state index is 12.8. The summed E-state index contributed by atoms with van der Waals surface area (Å²) in [6.07, 6.45) is 4.22. The Hall–Kier alpha value is -1.02. The van der Waals surface area contributed by atoms with Crippen LogP contribution in [0.1, 0.15) is 43.2 Å². The molecule has 1 aromatic rings. The second-order valence-corrected chi connectivity index (χ2v) is 6.77. The van der Waals surface area contributed by atoms with Crippen molar-refractivity contribution in [1.82, 2.24) is 4.90 Å². The lowest BCUT2D eigenvalue weighted by molar-refractivity contribution is -0.134. The molecule has 3 unspecified atom stereocenters. The summed E-state index contributed by atoms with van der Waals surface area (Å²) in [5, 5.41) is 0.103. The molecule has 1 aliphatic heterocycles. The van der Waals surface area contributed by atoms with Crippen LogP contribution >= 0.6 is 11.6 Å². The summed E-state index contributed by atoms with van der Waals surface area (Å²) in [7, 11) is 0. The zero-order chi connectivity index (χ0) is 14.1. The number of hydrogen-bond donors (Lipinski definition) is 0. The number of amides is 1. The molecule has 0 bridgehead atoms. The first kappa shape index (κ1) is 13.9. The Morgan fingerprint density at radius 1 is 1.30 bits per heavy atom. The maximum absolute atomic E-state index is 12.8. The van der Waals surface area contributed by atoms with Crippen LogP contribution in [0.25, 0.3) is 0 Å². The molecule has 1 fully saturated rings. The van der Waals surface area contributed by atoms with Crippen LogP contribution < -0.4 is 0 Å². The highest BCUT2D eigenvalue weighted by molar-refractivity contribution is 6.21. The fraction of sp³-hybridized carbons (Fsp3) is 0.588. The number of nitrogens with zero attached hydrogens (tertiary/aromatic N) is 1. The summed E-state index contributed by atoms with van der Waals surface area (Å²) in [5.74, 6) is 0.853. The highest BCUT2D eigenvalue weighted by Gasteiger charge is 2.33. The molecule has 1 heterocycles. The summed E-state index contributed by atoms with van der Waals surface area (Å²) in [4.78, 5) is 14.8. The highest BCUT2D eigenvalue weighted by Crippen LogP contribution is 2.34. The lowest BCUT2D eigenvalue weighted by Crippen LogP contribution is -2.46. The van der Waals surface area contributed by atoms with Crippen molar-refractivity contribution in [2.24, 2.45) is 5.92 Å². The average Bonchev–Trinajstić information content (AvgIpc) is 2.49. The first-order valence-corrected chi connectivity index (χ1v) is 8.11. The molecule has 1 aromatic carbocycles. The van der Waals surface area contributed by atoms with Crippen LogP contribution in [0.5, 0.6) is 0 Å². The number of alkyl halides is 1. The molecule has 3 heteroatoms. The van der Waals surface area contributed by atoms with Crippen LogP contribution in [0.15, 0.2) is 24.3 Å². The second-order valence-electron chi connectivity index (χ2n) is 6.21. The van der Waals surface area contributed by atoms with Crippen molar-refractivity contribution in [3.05, 3.63) is 35.4 Å². The molecular formula is C17H22ClNO. The van der Waals surface area contributed by atoms with Gasteiger partial charge < -0.3 is 4.90 Å². The van der Waals surface area contributed by atoms with E-state index in [1.165, 1.54) is 11.1 Å². The van der Waals surface area contributed by atoms with Crippen LogP contribution in [0, 0.1) is 5.92 Å². The number of carbonyl (C=O) groups excluding carboxylic acids is 1. The molecule has 1 aliphatic carbocycles. The van der Waals surface area contributed by atoms with Crippen LogP contribution in [-0.2, 0) is 11.2 Å². The number of carbonyl (C=O) groups is 1. The zero-order valence-electron chi connectivity index (χ0n) is 12.0. The Balaban J connectivity index is 1.78. The highest BCUT2D eigenvalue weighted by atomic mass is 35.5. The minimum Gasteiger partial charge on any atom is -0.341 e. The monoisotopic (exact) mass is 291 g/mol. The van der Waals surface area contributed by atoms with Crippen LogP contribution in [-0.4, -0.2) is 29.3 Å². The van der Waals surface area contributed by atoms with Gasteiger partial charge in [-0.25, -0.2) is 0 Å². The second kappa shape index (κ2) is 5.77. The van der Waals surface area contributed by atoms with Crippen molar-refractivity contribution in [3.8, 4) is 0 Å². The van der Waals surface area contributed by atoms with E-state index < -0.39 is 0 Å². The Kier molecular flexibility index (Phi) is 4.02. The zero-order valence-corrected chi connectivity index (χ0v) is 12.8. The molecule has 2 nitrogen and oxygen atoms in total. The Labute approximate surface area is 126 Å². The van der Waals surface area contributed by atoms with Crippen molar-refractivity contribution >= 4 is 17.5 Å². The normalized spacial score (nSPS) is 29.9. The lowest BCUT2D eigenvalue weighted by atomic mass is 9.81. The van der Waals surface area contributed by atoms with E-state index in [4.69, 9.17) is 11.6 Å². The van der Waals surface area contributed by atoms with Gasteiger partial charge in [0.05, 0.1) is 11.3 Å². The molecule has 0 saturated carbocycles. The van der Waals surface area contributed by atoms with E-state index in [0.717, 1.165) is 32.2 Å². The van der Waals surface area contributed by atoms with Crippen LogP contribution in [0.3, 0.4) is 0 Å². The molecule has 3 rings (SSSR count). The van der Waals surface area contributed by atoms with Crippen molar-refractivity contribution < 1.29 is 4.79 Å². The molecule has 0 N–H and O–H groups in total. The van der Waals surface area contributed by atoms with Crippen molar-refractivity contribution in [3.63, 3.8) is 0 Å². The molecule has 2 aliphatic rings. The van der Waals surface area contributed by atoms with E-state index >= 15 is 0 Å². The molecule has 1 saturated heterocycles. The van der Waals surface area contributed by atoms with E-state index in [0.29, 0.717) is 12.5 Å². The third-order valence-electron chi connectivity index (χ3n) is 4.85. The Morgan fingerprint density at radius 3 is 2.90 bits per heavy atom. The van der Waals surface area contributed by atoms with Gasteiger partial charge in [-0.05, 0) is 42.7 Å². The van der Waals surface area contributed by atoms with E-state index in [9.17, 15) is 4.79 Å². The van der Waals surface area contributed by atoms with Crippen molar-refractivity contribution in [1.29, 1.82) is 0 Å². The third-order valence-corrected chi connectivity index (χ3v) is 5.41. The summed E-state index contributed by atoms with van der Waals surface area (Å²) < 4.78 is 0. The van der Waals surface area contributed by atoms with Gasteiger partial charge in [0.15, 0.2) is 0 Å². The SMILES string of the molecule is CC1CCN(C(=O)C2CCCc3ccccc32)CC1Cl. The average molecular weight is 292 g/mol. The van der Waals surface area contributed by atoms with Gasteiger partial charge in [0.2, 0.25) is 5.91 Å². The number of hydrogen-bond acceptors (Lipinski definition) is 1. The first-order valence-electron chi connectivity index (χ1n) is 7.67. The van der Waals surface area contributed by atoms with Gasteiger partial charge in [-0.2, -0.15) is 0 Å². The van der Waals surface area contributed by atoms with Gasteiger partial charge in [-0.1, -0.05) is 31.2 Å². The van der Waals surface area contributed by atoms with Crippen LogP contribution in [0.2, 0.25) is 0 Å². The summed E-state index contributed by atoms with van der Waals surface area (Å²) >= 11 is 6.35. The quantitative estimate of drug-likeness (QED) is 0.724. The topological polar surface area (TPSA) is 20.3 Å². The van der Waals surface area contributed by atoms with Gasteiger partial charge in [-0.3, -0.25) is 4.79 Å². The number of fused-ring (bicyclic) bond motifs is 1. The molecule has 0 radical (unpaired) electrons. The van der Waals surface area contributed by atoms with Gasteiger partial charge >= 0.3 is 0 Å². The lowest BCUT2D eigenvalue weighted by Gasteiger charge is -2.37. The number of piperidine rings is 1. The number of rotatable bonds is 1. The largest absolute Gasteiger partial charge is 0.341 e. The number of aryl methyl sites for hydroxylation is 1. The Bertz CT molecular complexity index is 502. The number of likely N-dealkylation sites (tertiary alicyclic amines) is 1. The third kappa shape index (κ3) is 2.58. The molecule has 0 aromatic heterocycles. The smallest absolute Gasteiger partial charge is 0.230 e. The molecule has 20 heavy (non-hydrogen) atoms. The van der Waals surface area contributed by atoms with E-state index in [-0.39, 0.29) is 17.2 Å². The molecule has 0 spiro atoms. The minimum absolute atomic E-state index is 0.0530. The number of halogens is 1. The van der Waals surface area contributed by atoms with Crippen molar-refractivity contribution in [2.75, 3.05) is 13.1 Å². The van der Waals surface area contributed by atoms with E-state index in [1.807, 2.05) is 11.0 Å². The molecule has 3 atom stereocenters. The van der Waals surface area contributed by atoms with Gasteiger partial charge in [0.1, 0.15) is 0 Å². The maximum Gasteiger partial charge on any atom is 0.230 e. The summed E-state index contributed by atoms with van der Waals surface area (Å²) in [6, 6.07) is 8.41. The minimum atomic E-state index is 0.0530. The standard InChI is InChI=1S/C17H22ClNO/c1-12-9-10-19(11-16(12)18)17(20)15-8-4-6-13-5-2-3-7-14(13)15/h2-3,5,7,12,15-16H,4,6,8-11H2,1H3. The molecular weight excluding hydrogens is 270 g/mol. The van der Waals surface area contributed by atoms with Gasteiger partial charge in [-0.15, -0.1) is 11.6 Å². The van der Waals surface area contributed by atoms with Gasteiger partial charge in [0.25, 0.3) is 0 Å². The predicted octanol–water partition coefficient (Wildman–Crippen LogP) is 3.58. The predicted molar refractivity (Wildman–Crippen MR) is 82.1 cm³/mol.